The van der Waals surface area contributed by atoms with Crippen LogP contribution in [0, 0.1) is 0 Å². The molecule has 1 aromatic heterocycles. The van der Waals surface area contributed by atoms with Gasteiger partial charge in [-0.05, 0) is 30.7 Å². The number of amides is 1. The molecule has 2 aromatic carbocycles. The summed E-state index contributed by atoms with van der Waals surface area (Å²) in [4.78, 5) is 33.4. The van der Waals surface area contributed by atoms with Gasteiger partial charge in [-0.25, -0.2) is 4.98 Å². The summed E-state index contributed by atoms with van der Waals surface area (Å²) in [7, 11) is 1.59. The average molecular weight is 395 g/mol. The number of carbonyl (C=O) groups excluding carboxylic acids is 1. The normalized spacial score (nSPS) is 11.9. The number of rotatable bonds is 9. The molecule has 0 radical (unpaired) electrons. The fraction of sp³-hybridized carbons (Fsp3) is 0.318. The number of fused-ring (bicyclic) bond motifs is 1. The van der Waals surface area contributed by atoms with E-state index in [-0.39, 0.29) is 18.0 Å². The Bertz CT molecular complexity index is 1030. The van der Waals surface area contributed by atoms with Gasteiger partial charge in [0.1, 0.15) is 12.3 Å². The number of benzene rings is 2. The van der Waals surface area contributed by atoms with Crippen molar-refractivity contribution in [1.82, 2.24) is 9.97 Å². The van der Waals surface area contributed by atoms with Gasteiger partial charge in [0.15, 0.2) is 12.4 Å². The van der Waals surface area contributed by atoms with Crippen molar-refractivity contribution in [1.29, 1.82) is 0 Å². The predicted octanol–water partition coefficient (Wildman–Crippen LogP) is 1.76. The number of ether oxygens (including phenoxy) is 1. The molecular weight excluding hydrogens is 368 g/mol. The molecule has 29 heavy (non-hydrogen) atoms. The number of aromatic amines is 1. The quantitative estimate of drug-likeness (QED) is 0.515. The number of H-pyrrole nitrogens is 1. The van der Waals surface area contributed by atoms with Crippen LogP contribution in [-0.2, 0) is 11.3 Å². The minimum atomic E-state index is -0.152. The molecule has 7 heteroatoms. The molecule has 3 aromatic rings. The lowest BCUT2D eigenvalue weighted by molar-refractivity contribution is -0.906. The molecule has 1 amide bonds. The first-order valence-electron chi connectivity index (χ1n) is 9.84. The number of nitrogens with one attached hydrogen (secondary N) is 3. The van der Waals surface area contributed by atoms with Crippen molar-refractivity contribution in [3.8, 4) is 5.75 Å². The third-order valence-corrected chi connectivity index (χ3v) is 4.73. The number of quaternary nitrogens is 1. The van der Waals surface area contributed by atoms with E-state index in [2.05, 4.69) is 22.2 Å². The fourth-order valence-corrected chi connectivity index (χ4v) is 3.25. The molecule has 7 nitrogen and oxygen atoms in total. The van der Waals surface area contributed by atoms with Gasteiger partial charge in [0.2, 0.25) is 0 Å². The Morgan fingerprint density at radius 2 is 2.03 bits per heavy atom. The molecule has 1 atom stereocenters. The number of anilines is 1. The van der Waals surface area contributed by atoms with E-state index in [1.807, 2.05) is 36.4 Å². The van der Waals surface area contributed by atoms with Gasteiger partial charge in [0.25, 0.3) is 11.5 Å². The van der Waals surface area contributed by atoms with E-state index in [1.165, 1.54) is 0 Å². The van der Waals surface area contributed by atoms with Gasteiger partial charge in [-0.1, -0.05) is 31.5 Å². The number of hydrogen-bond donors (Lipinski definition) is 3. The maximum Gasteiger partial charge on any atom is 0.279 e. The first-order chi connectivity index (χ1) is 14.1. The molecule has 0 spiro atoms. The Kier molecular flexibility index (Phi) is 6.97. The van der Waals surface area contributed by atoms with Crippen molar-refractivity contribution in [2.45, 2.75) is 26.3 Å². The second kappa shape index (κ2) is 9.84. The second-order valence-corrected chi connectivity index (χ2v) is 7.02. The van der Waals surface area contributed by atoms with Gasteiger partial charge in [-0.15, -0.1) is 0 Å². The number of unbranched alkanes of at least 4 members (excludes halogenated alkanes) is 1. The predicted molar refractivity (Wildman–Crippen MR) is 113 cm³/mol. The van der Waals surface area contributed by atoms with Gasteiger partial charge >= 0.3 is 0 Å². The first kappa shape index (κ1) is 20.5. The van der Waals surface area contributed by atoms with Crippen LogP contribution in [0.4, 0.5) is 5.69 Å². The summed E-state index contributed by atoms with van der Waals surface area (Å²) in [5, 5.41) is 3.49. The molecule has 0 aliphatic carbocycles. The largest absolute Gasteiger partial charge is 0.497 e. The van der Waals surface area contributed by atoms with Crippen LogP contribution in [0.1, 0.15) is 25.6 Å². The lowest BCUT2D eigenvalue weighted by Gasteiger charge is -2.18. The lowest BCUT2D eigenvalue weighted by atomic mass is 10.2. The summed E-state index contributed by atoms with van der Waals surface area (Å²) in [6, 6.07) is 14.5. The van der Waals surface area contributed by atoms with Gasteiger partial charge in [0.05, 0.1) is 24.6 Å². The highest BCUT2D eigenvalue weighted by atomic mass is 16.5. The minimum Gasteiger partial charge on any atom is -0.497 e. The van der Waals surface area contributed by atoms with Crippen LogP contribution in [-0.4, -0.2) is 36.1 Å². The van der Waals surface area contributed by atoms with Gasteiger partial charge in [-0.3, -0.25) is 9.59 Å². The highest BCUT2D eigenvalue weighted by Gasteiger charge is 2.17. The number of methoxy groups -OCH3 is 1. The Labute approximate surface area is 169 Å². The molecule has 1 heterocycles. The molecule has 1 unspecified atom stereocenters. The number of nitrogens with zero attached hydrogens (tertiary/aromatic N) is 1. The van der Waals surface area contributed by atoms with Crippen LogP contribution >= 0.6 is 0 Å². The third-order valence-electron chi connectivity index (χ3n) is 4.73. The zero-order valence-electron chi connectivity index (χ0n) is 16.8. The molecule has 3 N–H and O–H groups in total. The van der Waals surface area contributed by atoms with E-state index >= 15 is 0 Å². The summed E-state index contributed by atoms with van der Waals surface area (Å²) in [5.74, 6) is 1.19. The lowest BCUT2D eigenvalue weighted by Crippen LogP contribution is -3.12. The molecule has 0 aliphatic rings. The summed E-state index contributed by atoms with van der Waals surface area (Å²) in [6.07, 6.45) is 2.02. The van der Waals surface area contributed by atoms with Crippen molar-refractivity contribution in [3.63, 3.8) is 0 Å². The Hall–Kier alpha value is -3.19. The van der Waals surface area contributed by atoms with Crippen molar-refractivity contribution < 1.29 is 14.4 Å². The van der Waals surface area contributed by atoms with Crippen LogP contribution in [0.2, 0.25) is 0 Å². The zero-order valence-corrected chi connectivity index (χ0v) is 16.8. The number of para-hydroxylation sites is 1. The molecule has 0 bridgehead atoms. The molecule has 0 aliphatic heterocycles. The fourth-order valence-electron chi connectivity index (χ4n) is 3.25. The van der Waals surface area contributed by atoms with E-state index < -0.39 is 0 Å². The highest BCUT2D eigenvalue weighted by molar-refractivity contribution is 5.91. The maximum absolute atomic E-state index is 12.6. The number of hydrogen-bond acceptors (Lipinski definition) is 4. The molecule has 0 fully saturated rings. The molecular formula is C22H27N4O3+. The monoisotopic (exact) mass is 395 g/mol. The van der Waals surface area contributed by atoms with E-state index in [0.29, 0.717) is 34.7 Å². The Morgan fingerprint density at radius 1 is 1.21 bits per heavy atom. The van der Waals surface area contributed by atoms with Crippen molar-refractivity contribution in [2.75, 3.05) is 25.5 Å². The van der Waals surface area contributed by atoms with Crippen LogP contribution in [0.25, 0.3) is 10.9 Å². The molecule has 152 valence electrons. The summed E-state index contributed by atoms with van der Waals surface area (Å²) >= 11 is 0. The third kappa shape index (κ3) is 5.65. The second-order valence-electron chi connectivity index (χ2n) is 7.02. The smallest absolute Gasteiger partial charge is 0.279 e. The van der Waals surface area contributed by atoms with Gasteiger partial charge < -0.3 is 19.9 Å². The van der Waals surface area contributed by atoms with Crippen LogP contribution in [0.3, 0.4) is 0 Å². The van der Waals surface area contributed by atoms with E-state index in [4.69, 9.17) is 4.74 Å². The zero-order chi connectivity index (χ0) is 20.6. The molecule has 0 saturated carbocycles. The SMILES string of the molecule is CCCC[NH+](CC(=O)Nc1cccc(OC)c1)Cc1nc2ccccc2c(=O)[nH]1. The topological polar surface area (TPSA) is 88.5 Å². The summed E-state index contributed by atoms with van der Waals surface area (Å²) in [5.41, 5.74) is 1.21. The van der Waals surface area contributed by atoms with E-state index in [1.54, 1.807) is 19.2 Å². The van der Waals surface area contributed by atoms with Gasteiger partial charge in [0, 0.05) is 11.8 Å². The van der Waals surface area contributed by atoms with Crippen molar-refractivity contribution >= 4 is 22.5 Å². The van der Waals surface area contributed by atoms with Crippen LogP contribution < -0.4 is 20.5 Å². The van der Waals surface area contributed by atoms with E-state index in [9.17, 15) is 9.59 Å². The highest BCUT2D eigenvalue weighted by Crippen LogP contribution is 2.16. The van der Waals surface area contributed by atoms with E-state index in [0.717, 1.165) is 24.3 Å². The Morgan fingerprint density at radius 3 is 2.83 bits per heavy atom. The van der Waals surface area contributed by atoms with Crippen molar-refractivity contribution in [3.05, 3.63) is 64.7 Å². The minimum absolute atomic E-state index is 0.0903. The van der Waals surface area contributed by atoms with Crippen molar-refractivity contribution in [2.24, 2.45) is 0 Å². The number of aromatic nitrogens is 2. The van der Waals surface area contributed by atoms with Gasteiger partial charge in [-0.2, -0.15) is 0 Å². The molecule has 3 rings (SSSR count). The Balaban J connectivity index is 1.72. The first-order valence-corrected chi connectivity index (χ1v) is 9.84. The summed E-state index contributed by atoms with van der Waals surface area (Å²) < 4.78 is 5.20. The number of carbonyl (C=O) groups is 1. The standard InChI is InChI=1S/C22H26N4O3/c1-3-4-12-26(15-21(27)23-16-8-7-9-17(13-16)29-2)14-20-24-19-11-6-5-10-18(19)22(28)25-20/h5-11,13H,3-4,12,14-15H2,1-2H3,(H,23,27)(H,24,25,28)/p+1. The van der Waals surface area contributed by atoms with Crippen LogP contribution in [0.15, 0.2) is 53.3 Å². The average Bonchev–Trinajstić information content (AvgIpc) is 2.72. The maximum atomic E-state index is 12.6. The molecule has 0 saturated heterocycles. The van der Waals surface area contributed by atoms with Crippen LogP contribution in [0.5, 0.6) is 5.75 Å². The summed E-state index contributed by atoms with van der Waals surface area (Å²) in [6.45, 7) is 3.70.